The molecule has 1 N–H and O–H groups in total. The van der Waals surface area contributed by atoms with E-state index in [2.05, 4.69) is 34.3 Å². The third-order valence-corrected chi connectivity index (χ3v) is 3.73. The maximum absolute atomic E-state index is 4.58. The summed E-state index contributed by atoms with van der Waals surface area (Å²) in [7, 11) is 1.99. The zero-order chi connectivity index (χ0) is 12.8. The fourth-order valence-electron chi connectivity index (χ4n) is 2.87. The van der Waals surface area contributed by atoms with Gasteiger partial charge in [-0.1, -0.05) is 13.3 Å². The van der Waals surface area contributed by atoms with Gasteiger partial charge in [-0.25, -0.2) is 4.98 Å². The average molecular weight is 247 g/mol. The van der Waals surface area contributed by atoms with Crippen LogP contribution < -0.4 is 10.2 Å². The van der Waals surface area contributed by atoms with Gasteiger partial charge in [-0.05, 0) is 50.4 Å². The molecule has 0 amide bonds. The zero-order valence-electron chi connectivity index (χ0n) is 11.7. The molecule has 0 aliphatic carbocycles. The lowest BCUT2D eigenvalue weighted by molar-refractivity contribution is 0.432. The summed E-state index contributed by atoms with van der Waals surface area (Å²) in [4.78, 5) is 7.10. The van der Waals surface area contributed by atoms with E-state index >= 15 is 0 Å². The second kappa shape index (κ2) is 6.74. The molecule has 1 unspecified atom stereocenters. The van der Waals surface area contributed by atoms with Crippen molar-refractivity contribution in [3.05, 3.63) is 23.9 Å². The topological polar surface area (TPSA) is 28.2 Å². The minimum atomic E-state index is 0.695. The SMILES string of the molecule is CCCC1CCCCN1c1cc(CNC)ccn1. The number of pyridine rings is 1. The molecule has 0 aromatic carbocycles. The van der Waals surface area contributed by atoms with Gasteiger partial charge in [0.2, 0.25) is 0 Å². The van der Waals surface area contributed by atoms with Crippen molar-refractivity contribution in [3.63, 3.8) is 0 Å². The fourth-order valence-corrected chi connectivity index (χ4v) is 2.87. The fraction of sp³-hybridized carbons (Fsp3) is 0.667. The van der Waals surface area contributed by atoms with Crippen molar-refractivity contribution in [2.75, 3.05) is 18.5 Å². The highest BCUT2D eigenvalue weighted by molar-refractivity contribution is 5.42. The monoisotopic (exact) mass is 247 g/mol. The summed E-state index contributed by atoms with van der Waals surface area (Å²) in [6.45, 7) is 4.36. The Morgan fingerprint density at radius 1 is 1.44 bits per heavy atom. The number of aromatic nitrogens is 1. The molecule has 1 aliphatic rings. The van der Waals surface area contributed by atoms with Gasteiger partial charge in [-0.15, -0.1) is 0 Å². The molecule has 3 nitrogen and oxygen atoms in total. The highest BCUT2D eigenvalue weighted by Crippen LogP contribution is 2.26. The highest BCUT2D eigenvalue weighted by Gasteiger charge is 2.22. The molecule has 1 aliphatic heterocycles. The Morgan fingerprint density at radius 2 is 2.33 bits per heavy atom. The van der Waals surface area contributed by atoms with E-state index in [1.807, 2.05) is 13.2 Å². The smallest absolute Gasteiger partial charge is 0.129 e. The van der Waals surface area contributed by atoms with E-state index < -0.39 is 0 Å². The minimum Gasteiger partial charge on any atom is -0.354 e. The molecule has 1 aromatic rings. The number of anilines is 1. The number of hydrogen-bond acceptors (Lipinski definition) is 3. The summed E-state index contributed by atoms with van der Waals surface area (Å²) in [6.07, 6.45) is 8.50. The van der Waals surface area contributed by atoms with E-state index in [9.17, 15) is 0 Å². The molecule has 0 bridgehead atoms. The second-order valence-electron chi connectivity index (χ2n) is 5.18. The summed E-state index contributed by atoms with van der Waals surface area (Å²) in [5.41, 5.74) is 1.32. The van der Waals surface area contributed by atoms with Gasteiger partial charge in [0.1, 0.15) is 5.82 Å². The molecule has 1 aromatic heterocycles. The molecule has 3 heteroatoms. The van der Waals surface area contributed by atoms with E-state index in [0.29, 0.717) is 6.04 Å². The van der Waals surface area contributed by atoms with Gasteiger partial charge >= 0.3 is 0 Å². The molecule has 0 radical (unpaired) electrons. The largest absolute Gasteiger partial charge is 0.354 e. The Kier molecular flexibility index (Phi) is 5.00. The molecule has 2 heterocycles. The van der Waals surface area contributed by atoms with Crippen LogP contribution in [0.5, 0.6) is 0 Å². The van der Waals surface area contributed by atoms with Gasteiger partial charge in [0, 0.05) is 25.3 Å². The molecular formula is C15H25N3. The van der Waals surface area contributed by atoms with Crippen molar-refractivity contribution in [1.29, 1.82) is 0 Å². The van der Waals surface area contributed by atoms with E-state index in [-0.39, 0.29) is 0 Å². The minimum absolute atomic E-state index is 0.695. The molecule has 0 spiro atoms. The number of nitrogens with zero attached hydrogens (tertiary/aromatic N) is 2. The van der Waals surface area contributed by atoms with Crippen LogP contribution in [0.2, 0.25) is 0 Å². The molecule has 1 saturated heterocycles. The standard InChI is InChI=1S/C15H25N3/c1-3-6-14-7-4-5-10-18(14)15-11-13(12-16-2)8-9-17-15/h8-9,11,14,16H,3-7,10,12H2,1-2H3. The Bertz CT molecular complexity index is 363. The molecular weight excluding hydrogens is 222 g/mol. The molecule has 2 rings (SSSR count). The van der Waals surface area contributed by atoms with Crippen molar-refractivity contribution in [2.45, 2.75) is 51.6 Å². The molecule has 18 heavy (non-hydrogen) atoms. The van der Waals surface area contributed by atoms with Crippen molar-refractivity contribution in [2.24, 2.45) is 0 Å². The number of piperidine rings is 1. The first-order valence-electron chi connectivity index (χ1n) is 7.21. The lowest BCUT2D eigenvalue weighted by Gasteiger charge is -2.36. The van der Waals surface area contributed by atoms with Crippen molar-refractivity contribution in [1.82, 2.24) is 10.3 Å². The lowest BCUT2D eigenvalue weighted by Crippen LogP contribution is -2.40. The Hall–Kier alpha value is -1.09. The zero-order valence-corrected chi connectivity index (χ0v) is 11.7. The summed E-state index contributed by atoms with van der Waals surface area (Å²) >= 11 is 0. The predicted molar refractivity (Wildman–Crippen MR) is 76.9 cm³/mol. The van der Waals surface area contributed by atoms with Gasteiger partial charge in [-0.2, -0.15) is 0 Å². The quantitative estimate of drug-likeness (QED) is 0.867. The van der Waals surface area contributed by atoms with Gasteiger partial charge in [0.25, 0.3) is 0 Å². The maximum atomic E-state index is 4.58. The molecule has 1 atom stereocenters. The summed E-state index contributed by atoms with van der Waals surface area (Å²) in [6, 6.07) is 5.03. The van der Waals surface area contributed by atoms with E-state index in [4.69, 9.17) is 0 Å². The van der Waals surface area contributed by atoms with E-state index in [1.54, 1.807) is 0 Å². The molecule has 0 saturated carbocycles. The normalized spacial score (nSPS) is 20.1. The predicted octanol–water partition coefficient (Wildman–Crippen LogP) is 2.96. The lowest BCUT2D eigenvalue weighted by atomic mass is 9.98. The van der Waals surface area contributed by atoms with Crippen LogP contribution in [-0.4, -0.2) is 24.6 Å². The summed E-state index contributed by atoms with van der Waals surface area (Å²) < 4.78 is 0. The summed E-state index contributed by atoms with van der Waals surface area (Å²) in [5.74, 6) is 1.17. The third-order valence-electron chi connectivity index (χ3n) is 3.73. The van der Waals surface area contributed by atoms with Crippen LogP contribution in [0.25, 0.3) is 0 Å². The van der Waals surface area contributed by atoms with Gasteiger partial charge in [0.15, 0.2) is 0 Å². The highest BCUT2D eigenvalue weighted by atomic mass is 15.2. The molecule has 1 fully saturated rings. The number of nitrogens with one attached hydrogen (secondary N) is 1. The van der Waals surface area contributed by atoms with Crippen LogP contribution in [0.4, 0.5) is 5.82 Å². The first kappa shape index (κ1) is 13.3. The van der Waals surface area contributed by atoms with Crippen LogP contribution in [0.1, 0.15) is 44.6 Å². The van der Waals surface area contributed by atoms with Crippen LogP contribution in [0.3, 0.4) is 0 Å². The number of rotatable bonds is 5. The van der Waals surface area contributed by atoms with Gasteiger partial charge in [-0.3, -0.25) is 0 Å². The van der Waals surface area contributed by atoms with Gasteiger partial charge in [0.05, 0.1) is 0 Å². The van der Waals surface area contributed by atoms with E-state index in [0.717, 1.165) is 6.54 Å². The first-order chi connectivity index (χ1) is 8.85. The Balaban J connectivity index is 2.14. The van der Waals surface area contributed by atoms with Crippen LogP contribution in [-0.2, 0) is 6.54 Å². The first-order valence-corrected chi connectivity index (χ1v) is 7.21. The average Bonchev–Trinajstić information content (AvgIpc) is 2.40. The maximum Gasteiger partial charge on any atom is 0.129 e. The van der Waals surface area contributed by atoms with Crippen molar-refractivity contribution < 1.29 is 0 Å². The third kappa shape index (κ3) is 3.22. The van der Waals surface area contributed by atoms with Gasteiger partial charge < -0.3 is 10.2 Å². The Labute approximate surface area is 111 Å². The number of hydrogen-bond donors (Lipinski definition) is 1. The van der Waals surface area contributed by atoms with Crippen LogP contribution >= 0.6 is 0 Å². The van der Waals surface area contributed by atoms with Crippen LogP contribution in [0.15, 0.2) is 18.3 Å². The van der Waals surface area contributed by atoms with E-state index in [1.165, 1.54) is 50.0 Å². The van der Waals surface area contributed by atoms with Crippen LogP contribution in [0, 0.1) is 0 Å². The summed E-state index contributed by atoms with van der Waals surface area (Å²) in [5, 5.41) is 3.20. The van der Waals surface area contributed by atoms with Crippen molar-refractivity contribution in [3.8, 4) is 0 Å². The van der Waals surface area contributed by atoms with Crippen molar-refractivity contribution >= 4 is 5.82 Å². The Morgan fingerprint density at radius 3 is 3.11 bits per heavy atom. The second-order valence-corrected chi connectivity index (χ2v) is 5.18. The molecule has 100 valence electrons.